The Bertz CT molecular complexity index is 813. The summed E-state index contributed by atoms with van der Waals surface area (Å²) in [5.74, 6) is 0.685. The fraction of sp³-hybridized carbons (Fsp3) is 0.0500. The summed E-state index contributed by atoms with van der Waals surface area (Å²) in [6.45, 7) is 0. The van der Waals surface area contributed by atoms with Crippen LogP contribution in [0.2, 0.25) is 0 Å². The van der Waals surface area contributed by atoms with Crippen molar-refractivity contribution in [3.8, 4) is 0 Å². The fourth-order valence-electron chi connectivity index (χ4n) is 3.21. The van der Waals surface area contributed by atoms with Gasteiger partial charge in [0.15, 0.2) is 0 Å². The summed E-state index contributed by atoms with van der Waals surface area (Å²) in [6, 6.07) is 32.0. The molecule has 4 aromatic rings. The van der Waals surface area contributed by atoms with Gasteiger partial charge in [-0.25, -0.2) is 0 Å². The van der Waals surface area contributed by atoms with E-state index in [1.165, 1.54) is 15.9 Å². The van der Waals surface area contributed by atoms with Crippen molar-refractivity contribution in [3.63, 3.8) is 0 Å². The number of benzene rings is 3. The maximum absolute atomic E-state index is 4.13. The molecule has 4 nitrogen and oxygen atoms in total. The van der Waals surface area contributed by atoms with Gasteiger partial charge in [-0.15, -0.1) is 0 Å². The van der Waals surface area contributed by atoms with Crippen molar-refractivity contribution in [2.24, 2.45) is 0 Å². The number of nitrogens with zero attached hydrogens (tertiary/aromatic N) is 4. The Morgan fingerprint density at radius 2 is 1.08 bits per heavy atom. The van der Waals surface area contributed by atoms with Crippen molar-refractivity contribution in [1.82, 2.24) is 20.6 Å². The molecular weight excluding hydrogens is 327 g/mol. The molecule has 0 saturated carbocycles. The van der Waals surface area contributed by atoms with E-state index in [4.69, 9.17) is 0 Å². The molecule has 0 aliphatic heterocycles. The highest BCUT2D eigenvalue weighted by atomic mass is 31.2. The van der Waals surface area contributed by atoms with Gasteiger partial charge >= 0.3 is 0 Å². The minimum Gasteiger partial charge on any atom is -0.332 e. The lowest BCUT2D eigenvalue weighted by atomic mass is 10.4. The summed E-state index contributed by atoms with van der Waals surface area (Å²) in [5, 5.41) is 19.6. The van der Waals surface area contributed by atoms with Crippen LogP contribution < -0.4 is 21.0 Å². The highest BCUT2D eigenvalue weighted by molar-refractivity contribution is 7.95. The van der Waals surface area contributed by atoms with E-state index >= 15 is 0 Å². The molecule has 0 aliphatic rings. The summed E-state index contributed by atoms with van der Waals surface area (Å²) < 4.78 is 0. The molecule has 1 heterocycles. The Morgan fingerprint density at radius 3 is 1.44 bits per heavy atom. The predicted octanol–water partition coefficient (Wildman–Crippen LogP) is 2.32. The van der Waals surface area contributed by atoms with Gasteiger partial charge in [-0.2, -0.15) is 5.21 Å². The molecule has 4 rings (SSSR count). The van der Waals surface area contributed by atoms with Gasteiger partial charge in [-0.3, -0.25) is 10.3 Å². The van der Waals surface area contributed by atoms with E-state index in [0.717, 1.165) is 0 Å². The van der Waals surface area contributed by atoms with E-state index in [9.17, 15) is 0 Å². The highest BCUT2D eigenvalue weighted by Gasteiger charge is 2.45. The van der Waals surface area contributed by atoms with Crippen molar-refractivity contribution in [3.05, 3.63) is 96.8 Å². The van der Waals surface area contributed by atoms with E-state index in [-0.39, 0.29) is 0 Å². The van der Waals surface area contributed by atoms with Crippen molar-refractivity contribution >= 4 is 23.2 Å². The van der Waals surface area contributed by atoms with E-state index in [2.05, 4.69) is 112 Å². The minimum absolute atomic E-state index is 0.685. The Kier molecular flexibility index (Phi) is 4.36. The first-order valence-electron chi connectivity index (χ1n) is 8.12. The molecule has 0 aliphatic carbocycles. The third kappa shape index (κ3) is 2.97. The van der Waals surface area contributed by atoms with Crippen LogP contribution in [0.5, 0.6) is 0 Å². The zero-order chi connectivity index (χ0) is 17.0. The van der Waals surface area contributed by atoms with Crippen molar-refractivity contribution < 1.29 is 0 Å². The van der Waals surface area contributed by atoms with Crippen molar-refractivity contribution in [1.29, 1.82) is 0 Å². The van der Waals surface area contributed by atoms with Crippen LogP contribution in [0.25, 0.3) is 0 Å². The highest BCUT2D eigenvalue weighted by Crippen LogP contribution is 2.57. The SMILES string of the molecule is c1ccc([P+](Cc2nnn[n-]2)(c2ccccc2)c2ccccc2)cc1. The van der Waals surface area contributed by atoms with Gasteiger partial charge < -0.3 is 5.10 Å². The lowest BCUT2D eigenvalue weighted by Crippen LogP contribution is -2.32. The summed E-state index contributed by atoms with van der Waals surface area (Å²) >= 11 is 0. The first kappa shape index (κ1) is 15.7. The first-order valence-corrected chi connectivity index (χ1v) is 10.1. The number of aromatic nitrogens is 4. The zero-order valence-corrected chi connectivity index (χ0v) is 14.5. The van der Waals surface area contributed by atoms with Gasteiger partial charge in [0.1, 0.15) is 29.3 Å². The van der Waals surface area contributed by atoms with Crippen LogP contribution in [0.3, 0.4) is 0 Å². The molecule has 25 heavy (non-hydrogen) atoms. The molecule has 1 aromatic heterocycles. The predicted molar refractivity (Wildman–Crippen MR) is 102 cm³/mol. The quantitative estimate of drug-likeness (QED) is 0.522. The molecule has 0 atom stereocenters. The second kappa shape index (κ2) is 6.96. The average molecular weight is 344 g/mol. The second-order valence-corrected chi connectivity index (χ2v) is 9.25. The van der Waals surface area contributed by atoms with Crippen LogP contribution >= 0.6 is 7.26 Å². The van der Waals surface area contributed by atoms with Gasteiger partial charge in [-0.1, -0.05) is 54.6 Å². The lowest BCUT2D eigenvalue weighted by Gasteiger charge is -2.27. The third-order valence-electron chi connectivity index (χ3n) is 4.33. The monoisotopic (exact) mass is 344 g/mol. The number of hydrogen-bond acceptors (Lipinski definition) is 3. The smallest absolute Gasteiger partial charge is 0.117 e. The Hall–Kier alpha value is -2.84. The van der Waals surface area contributed by atoms with Crippen LogP contribution in [0.4, 0.5) is 0 Å². The van der Waals surface area contributed by atoms with Crippen LogP contribution in [0.1, 0.15) is 5.82 Å². The van der Waals surface area contributed by atoms with Gasteiger partial charge in [-0.05, 0) is 36.4 Å². The van der Waals surface area contributed by atoms with Gasteiger partial charge in [0.05, 0.1) is 0 Å². The molecule has 0 N–H and O–H groups in total. The first-order chi connectivity index (χ1) is 12.4. The Morgan fingerprint density at radius 1 is 0.640 bits per heavy atom. The average Bonchev–Trinajstić information content (AvgIpc) is 3.21. The number of rotatable bonds is 5. The van der Waals surface area contributed by atoms with Crippen LogP contribution in [0, 0.1) is 0 Å². The summed E-state index contributed by atoms with van der Waals surface area (Å²) in [7, 11) is -1.95. The van der Waals surface area contributed by atoms with E-state index in [1.807, 2.05) is 0 Å². The summed E-state index contributed by atoms with van der Waals surface area (Å²) in [6.07, 6.45) is 0.706. The van der Waals surface area contributed by atoms with Crippen molar-refractivity contribution in [2.75, 3.05) is 0 Å². The third-order valence-corrected chi connectivity index (χ3v) is 8.63. The molecule has 0 bridgehead atoms. The van der Waals surface area contributed by atoms with Gasteiger partial charge in [0.25, 0.3) is 0 Å². The van der Waals surface area contributed by atoms with E-state index in [0.29, 0.717) is 12.0 Å². The largest absolute Gasteiger partial charge is 0.332 e. The standard InChI is InChI=1S/C20H17N4P/c1-4-10-17(11-5-1)25(16-20-21-23-24-22-20,18-12-6-2-7-13-18)19-14-8-3-9-15-19/h1-15H,16H2. The Balaban J connectivity index is 2.01. The van der Waals surface area contributed by atoms with Gasteiger partial charge in [0, 0.05) is 5.82 Å². The molecule has 0 fully saturated rings. The number of hydrogen-bond donors (Lipinski definition) is 0. The molecule has 0 spiro atoms. The Labute approximate surface area is 147 Å². The van der Waals surface area contributed by atoms with E-state index < -0.39 is 7.26 Å². The maximum Gasteiger partial charge on any atom is 0.117 e. The second-order valence-electron chi connectivity index (χ2n) is 5.77. The van der Waals surface area contributed by atoms with Crippen LogP contribution in [-0.4, -0.2) is 15.5 Å². The summed E-state index contributed by atoms with van der Waals surface area (Å²) in [5.41, 5.74) is 0. The summed E-state index contributed by atoms with van der Waals surface area (Å²) in [4.78, 5) is 0. The molecule has 0 unspecified atom stereocenters. The van der Waals surface area contributed by atoms with E-state index in [1.54, 1.807) is 0 Å². The maximum atomic E-state index is 4.13. The molecule has 122 valence electrons. The minimum atomic E-state index is -1.95. The molecule has 0 radical (unpaired) electrons. The molecule has 3 aromatic carbocycles. The molecule has 0 amide bonds. The normalized spacial score (nSPS) is 11.4. The fourth-order valence-corrected chi connectivity index (χ4v) is 7.24. The van der Waals surface area contributed by atoms with Crippen LogP contribution in [0.15, 0.2) is 91.0 Å². The lowest BCUT2D eigenvalue weighted by molar-refractivity contribution is 0.871. The number of tetrazole rings is 1. The van der Waals surface area contributed by atoms with Crippen LogP contribution in [-0.2, 0) is 6.16 Å². The molecule has 0 saturated heterocycles. The molecule has 5 heteroatoms. The topological polar surface area (TPSA) is 52.8 Å². The van der Waals surface area contributed by atoms with Crippen molar-refractivity contribution in [2.45, 2.75) is 6.16 Å². The zero-order valence-electron chi connectivity index (χ0n) is 13.6. The van der Waals surface area contributed by atoms with Gasteiger partial charge in [0.2, 0.25) is 0 Å². The molecular formula is C20H17N4P.